The zero-order chi connectivity index (χ0) is 13.5. The van der Waals surface area contributed by atoms with E-state index in [0.717, 1.165) is 0 Å². The number of carbonyl (C=O) groups excluding carboxylic acids is 1. The Morgan fingerprint density at radius 3 is 2.72 bits per heavy atom. The van der Waals surface area contributed by atoms with E-state index in [1.54, 1.807) is 13.8 Å². The summed E-state index contributed by atoms with van der Waals surface area (Å²) in [6.07, 6.45) is 0.751. The number of carboxylic acid groups (broad SMARTS) is 1. The second-order valence-electron chi connectivity index (χ2n) is 3.68. The Balaban J connectivity index is 2.26. The number of rotatable bonds is 6. The predicted octanol–water partition coefficient (Wildman–Crippen LogP) is 0.0829. The van der Waals surface area contributed by atoms with Crippen LogP contribution in [0.15, 0.2) is 4.52 Å². The summed E-state index contributed by atoms with van der Waals surface area (Å²) in [4.78, 5) is 26.0. The first-order valence-corrected chi connectivity index (χ1v) is 5.59. The molecule has 8 nitrogen and oxygen atoms in total. The van der Waals surface area contributed by atoms with Crippen LogP contribution >= 0.6 is 0 Å². The number of aliphatic carboxylic acids is 1. The number of carbonyl (C=O) groups is 2. The van der Waals surface area contributed by atoms with Crippen LogP contribution in [0.3, 0.4) is 0 Å². The zero-order valence-corrected chi connectivity index (χ0v) is 10.3. The van der Waals surface area contributed by atoms with Crippen molar-refractivity contribution in [3.63, 3.8) is 0 Å². The van der Waals surface area contributed by atoms with E-state index in [4.69, 9.17) is 9.63 Å². The molecule has 0 saturated carbocycles. The molecule has 0 unspecified atom stereocenters. The highest BCUT2D eigenvalue weighted by Crippen LogP contribution is 1.95. The predicted molar refractivity (Wildman–Crippen MR) is 61.0 cm³/mol. The number of nitrogens with one attached hydrogen (secondary N) is 2. The van der Waals surface area contributed by atoms with Crippen LogP contribution in [0.1, 0.15) is 25.1 Å². The van der Waals surface area contributed by atoms with Gasteiger partial charge in [0.15, 0.2) is 5.82 Å². The Morgan fingerprint density at radius 1 is 1.50 bits per heavy atom. The van der Waals surface area contributed by atoms with Gasteiger partial charge in [-0.1, -0.05) is 12.1 Å². The smallest absolute Gasteiger partial charge is 0.326 e. The number of aromatic nitrogens is 2. The van der Waals surface area contributed by atoms with Gasteiger partial charge in [-0.2, -0.15) is 4.98 Å². The van der Waals surface area contributed by atoms with Gasteiger partial charge in [0.1, 0.15) is 6.04 Å². The van der Waals surface area contributed by atoms with E-state index >= 15 is 0 Å². The fraction of sp³-hybridized carbons (Fsp3) is 0.600. The Morgan fingerprint density at radius 2 is 2.22 bits per heavy atom. The minimum absolute atomic E-state index is 0.306. The SMILES string of the molecule is CC[C@@H](NC(=O)NCCc1noc(C)n1)C(=O)O. The lowest BCUT2D eigenvalue weighted by Gasteiger charge is -2.12. The van der Waals surface area contributed by atoms with Crippen molar-refractivity contribution < 1.29 is 19.2 Å². The average Bonchev–Trinajstić information content (AvgIpc) is 2.71. The van der Waals surface area contributed by atoms with Gasteiger partial charge in [-0.05, 0) is 6.42 Å². The number of carboxylic acids is 1. The van der Waals surface area contributed by atoms with Gasteiger partial charge in [0, 0.05) is 19.9 Å². The number of nitrogens with zero attached hydrogens (tertiary/aromatic N) is 2. The first-order chi connectivity index (χ1) is 8.52. The molecule has 0 aliphatic carbocycles. The van der Waals surface area contributed by atoms with Gasteiger partial charge in [0.05, 0.1) is 0 Å². The molecule has 0 spiro atoms. The molecule has 1 heterocycles. The molecule has 0 aliphatic heterocycles. The zero-order valence-electron chi connectivity index (χ0n) is 10.3. The van der Waals surface area contributed by atoms with Crippen molar-refractivity contribution in [2.24, 2.45) is 0 Å². The van der Waals surface area contributed by atoms with Crippen LogP contribution < -0.4 is 10.6 Å². The Kier molecular flexibility index (Phi) is 5.09. The van der Waals surface area contributed by atoms with Gasteiger partial charge < -0.3 is 20.3 Å². The molecular weight excluding hydrogens is 240 g/mol. The molecule has 0 aliphatic rings. The third-order valence-corrected chi connectivity index (χ3v) is 2.22. The van der Waals surface area contributed by atoms with Gasteiger partial charge in [-0.15, -0.1) is 0 Å². The van der Waals surface area contributed by atoms with E-state index in [2.05, 4.69) is 20.8 Å². The van der Waals surface area contributed by atoms with E-state index < -0.39 is 18.0 Å². The fourth-order valence-corrected chi connectivity index (χ4v) is 1.28. The molecule has 18 heavy (non-hydrogen) atoms. The minimum atomic E-state index is -1.05. The maximum Gasteiger partial charge on any atom is 0.326 e. The largest absolute Gasteiger partial charge is 0.480 e. The molecule has 2 amide bonds. The minimum Gasteiger partial charge on any atom is -0.480 e. The lowest BCUT2D eigenvalue weighted by atomic mass is 10.2. The topological polar surface area (TPSA) is 117 Å². The normalized spacial score (nSPS) is 11.9. The summed E-state index contributed by atoms with van der Waals surface area (Å²) >= 11 is 0. The van der Waals surface area contributed by atoms with Crippen molar-refractivity contribution >= 4 is 12.0 Å². The number of hydrogen-bond donors (Lipinski definition) is 3. The molecule has 8 heteroatoms. The third kappa shape index (κ3) is 4.40. The first-order valence-electron chi connectivity index (χ1n) is 5.59. The van der Waals surface area contributed by atoms with Crippen LogP contribution in [-0.2, 0) is 11.2 Å². The van der Waals surface area contributed by atoms with Crippen molar-refractivity contribution in [3.8, 4) is 0 Å². The lowest BCUT2D eigenvalue weighted by Crippen LogP contribution is -2.46. The Hall–Kier alpha value is -2.12. The van der Waals surface area contributed by atoms with E-state index in [1.807, 2.05) is 0 Å². The highest BCUT2D eigenvalue weighted by atomic mass is 16.5. The fourth-order valence-electron chi connectivity index (χ4n) is 1.28. The van der Waals surface area contributed by atoms with Crippen LogP contribution in [0.5, 0.6) is 0 Å². The quantitative estimate of drug-likeness (QED) is 0.663. The molecule has 1 rings (SSSR count). The molecule has 0 fully saturated rings. The molecule has 0 bridgehead atoms. The van der Waals surface area contributed by atoms with Crippen LogP contribution in [0.25, 0.3) is 0 Å². The average molecular weight is 256 g/mol. The van der Waals surface area contributed by atoms with Crippen molar-refractivity contribution in [1.29, 1.82) is 0 Å². The van der Waals surface area contributed by atoms with E-state index in [0.29, 0.717) is 31.1 Å². The molecular formula is C10H16N4O4. The highest BCUT2D eigenvalue weighted by Gasteiger charge is 2.16. The summed E-state index contributed by atoms with van der Waals surface area (Å²) in [7, 11) is 0. The summed E-state index contributed by atoms with van der Waals surface area (Å²) in [6, 6.07) is -1.40. The Bertz CT molecular complexity index is 418. The van der Waals surface area contributed by atoms with Gasteiger partial charge in [0.25, 0.3) is 0 Å². The summed E-state index contributed by atoms with van der Waals surface area (Å²) in [6.45, 7) is 3.66. The summed E-state index contributed by atoms with van der Waals surface area (Å²) < 4.78 is 4.77. The van der Waals surface area contributed by atoms with Crippen LogP contribution in [0.4, 0.5) is 4.79 Å². The van der Waals surface area contributed by atoms with Crippen molar-refractivity contribution in [2.75, 3.05) is 6.54 Å². The summed E-state index contributed by atoms with van der Waals surface area (Å²) in [5.41, 5.74) is 0. The highest BCUT2D eigenvalue weighted by molar-refractivity contribution is 5.82. The Labute approximate surface area is 104 Å². The molecule has 3 N–H and O–H groups in total. The van der Waals surface area contributed by atoms with Gasteiger partial charge in [0.2, 0.25) is 5.89 Å². The van der Waals surface area contributed by atoms with E-state index in [-0.39, 0.29) is 0 Å². The second-order valence-corrected chi connectivity index (χ2v) is 3.68. The molecule has 1 atom stereocenters. The number of urea groups is 1. The van der Waals surface area contributed by atoms with Crippen LogP contribution in [0.2, 0.25) is 0 Å². The first kappa shape index (κ1) is 13.9. The number of amides is 2. The molecule has 100 valence electrons. The molecule has 1 aromatic heterocycles. The van der Waals surface area contributed by atoms with E-state index in [9.17, 15) is 9.59 Å². The molecule has 1 aromatic rings. The standard InChI is InChI=1S/C10H16N4O4/c1-3-7(9(15)16)13-10(17)11-5-4-8-12-6(2)18-14-8/h7H,3-5H2,1-2H3,(H,15,16)(H2,11,13,17)/t7-/m1/s1. The van der Waals surface area contributed by atoms with Crippen molar-refractivity contribution in [3.05, 3.63) is 11.7 Å². The van der Waals surface area contributed by atoms with Gasteiger partial charge >= 0.3 is 12.0 Å². The van der Waals surface area contributed by atoms with Crippen LogP contribution in [0, 0.1) is 6.92 Å². The lowest BCUT2D eigenvalue weighted by molar-refractivity contribution is -0.139. The number of hydrogen-bond acceptors (Lipinski definition) is 5. The van der Waals surface area contributed by atoms with Crippen LogP contribution in [-0.4, -0.2) is 39.8 Å². The molecule has 0 aromatic carbocycles. The molecule has 0 saturated heterocycles. The van der Waals surface area contributed by atoms with Gasteiger partial charge in [-0.25, -0.2) is 9.59 Å². The second kappa shape index (κ2) is 6.58. The summed E-state index contributed by atoms with van der Waals surface area (Å²) in [5.74, 6) is -0.0918. The monoisotopic (exact) mass is 256 g/mol. The summed E-state index contributed by atoms with van der Waals surface area (Å²) in [5, 5.41) is 17.3. The number of aryl methyl sites for hydroxylation is 1. The van der Waals surface area contributed by atoms with Crippen molar-refractivity contribution in [1.82, 2.24) is 20.8 Å². The van der Waals surface area contributed by atoms with Gasteiger partial charge in [-0.3, -0.25) is 0 Å². The maximum absolute atomic E-state index is 11.4. The maximum atomic E-state index is 11.4. The molecule has 0 radical (unpaired) electrons. The van der Waals surface area contributed by atoms with E-state index in [1.165, 1.54) is 0 Å². The van der Waals surface area contributed by atoms with Crippen molar-refractivity contribution in [2.45, 2.75) is 32.7 Å². The third-order valence-electron chi connectivity index (χ3n) is 2.22.